The second-order valence-electron chi connectivity index (χ2n) is 10.4. The Morgan fingerprint density at radius 1 is 1.12 bits per heavy atom. The van der Waals surface area contributed by atoms with E-state index in [0.29, 0.717) is 22.1 Å². The van der Waals surface area contributed by atoms with E-state index >= 15 is 0 Å². The summed E-state index contributed by atoms with van der Waals surface area (Å²) in [5, 5.41) is 15.8. The van der Waals surface area contributed by atoms with E-state index < -0.39 is 28.2 Å². The van der Waals surface area contributed by atoms with Crippen LogP contribution < -0.4 is 20.1 Å². The molecular formula is C30H35ClN4O7S. The number of hydrogen-bond acceptors (Lipinski definition) is 7. The molecule has 3 amide bonds. The highest BCUT2D eigenvalue weighted by atomic mass is 35.5. The Morgan fingerprint density at radius 2 is 1.74 bits per heavy atom. The number of sulfonamides is 1. The minimum Gasteiger partial charge on any atom is -0.497 e. The topological polar surface area (TPSA) is 138 Å². The lowest BCUT2D eigenvalue weighted by Crippen LogP contribution is -2.50. The fourth-order valence-electron chi connectivity index (χ4n) is 4.62. The lowest BCUT2D eigenvalue weighted by molar-refractivity contribution is 0.0387. The first-order chi connectivity index (χ1) is 20.4. The van der Waals surface area contributed by atoms with Gasteiger partial charge in [0.05, 0.1) is 36.8 Å². The average molecular weight is 631 g/mol. The lowest BCUT2D eigenvalue weighted by Gasteiger charge is -2.38. The minimum atomic E-state index is -3.86. The predicted octanol–water partition coefficient (Wildman–Crippen LogP) is 4.53. The van der Waals surface area contributed by atoms with E-state index in [1.165, 1.54) is 46.6 Å². The third-order valence-corrected chi connectivity index (χ3v) is 9.32. The van der Waals surface area contributed by atoms with E-state index in [2.05, 4.69) is 10.6 Å². The van der Waals surface area contributed by atoms with Crippen LogP contribution in [0.15, 0.2) is 71.6 Å². The van der Waals surface area contributed by atoms with Crippen LogP contribution in [-0.4, -0.2) is 80.7 Å². The number of carbonyl (C=O) groups excluding carboxylic acids is 2. The fraction of sp³-hybridized carbons (Fsp3) is 0.333. The van der Waals surface area contributed by atoms with Crippen LogP contribution in [0.5, 0.6) is 11.5 Å². The highest BCUT2D eigenvalue weighted by molar-refractivity contribution is 7.89. The maximum Gasteiger partial charge on any atom is 0.323 e. The normalized spacial score (nSPS) is 17.7. The molecule has 0 saturated carbocycles. The SMILES string of the molecule is COc1ccc(NC(=O)Nc2ccc3c(c2)C(=O)N([C@H](C)CO)C[C@H](C)[C@@H](CN(C)S(=O)(=O)c2ccc(Cl)cc2)O3)cc1. The van der Waals surface area contributed by atoms with Gasteiger partial charge >= 0.3 is 6.03 Å². The lowest BCUT2D eigenvalue weighted by atomic mass is 9.99. The fourth-order valence-corrected chi connectivity index (χ4v) is 5.93. The van der Waals surface area contributed by atoms with Gasteiger partial charge < -0.3 is 30.1 Å². The molecule has 3 aromatic rings. The molecule has 3 N–H and O–H groups in total. The number of halogens is 1. The first-order valence-corrected chi connectivity index (χ1v) is 15.4. The van der Waals surface area contributed by atoms with Gasteiger partial charge in [-0.2, -0.15) is 4.31 Å². The van der Waals surface area contributed by atoms with Crippen LogP contribution in [0.1, 0.15) is 24.2 Å². The van der Waals surface area contributed by atoms with Crippen molar-refractivity contribution in [3.63, 3.8) is 0 Å². The molecule has 0 aromatic heterocycles. The van der Waals surface area contributed by atoms with Crippen LogP contribution in [0.3, 0.4) is 0 Å². The Hall–Kier alpha value is -3.84. The standard InChI is InChI=1S/C30H35ClN4O7S/c1-19-16-35(20(2)18-36)29(37)26-15-23(33-30(38)32-22-7-10-24(41-4)11-8-22)9-14-27(26)42-28(19)17-34(3)43(39,40)25-12-5-21(31)6-13-25/h5-15,19-20,28,36H,16-18H2,1-4H3,(H2,32,33,38)/t19-,20+,28+/m0/s1. The van der Waals surface area contributed by atoms with E-state index in [1.807, 2.05) is 6.92 Å². The second kappa shape index (κ2) is 13.6. The molecule has 0 unspecified atom stereocenters. The van der Waals surface area contributed by atoms with Gasteiger partial charge in [0.1, 0.15) is 17.6 Å². The number of nitrogens with one attached hydrogen (secondary N) is 2. The van der Waals surface area contributed by atoms with Crippen LogP contribution in [0, 0.1) is 5.92 Å². The van der Waals surface area contributed by atoms with Gasteiger partial charge in [-0.1, -0.05) is 18.5 Å². The molecule has 0 bridgehead atoms. The molecule has 1 aliphatic rings. The number of amides is 3. The zero-order valence-corrected chi connectivity index (χ0v) is 25.9. The van der Waals surface area contributed by atoms with Crippen molar-refractivity contribution in [1.29, 1.82) is 0 Å². The Labute approximate surface area is 256 Å². The highest BCUT2D eigenvalue weighted by Gasteiger charge is 2.35. The molecule has 11 nitrogen and oxygen atoms in total. The summed E-state index contributed by atoms with van der Waals surface area (Å²) in [5.41, 5.74) is 1.05. The molecule has 0 aliphatic carbocycles. The summed E-state index contributed by atoms with van der Waals surface area (Å²) in [6, 6.07) is 16.3. The van der Waals surface area contributed by atoms with Crippen molar-refractivity contribution in [3.8, 4) is 11.5 Å². The van der Waals surface area contributed by atoms with E-state index in [9.17, 15) is 23.1 Å². The number of aliphatic hydroxyl groups is 1. The van der Waals surface area contributed by atoms with Gasteiger partial charge in [0.15, 0.2) is 0 Å². The summed E-state index contributed by atoms with van der Waals surface area (Å²) in [5.74, 6) is 0.189. The zero-order valence-electron chi connectivity index (χ0n) is 24.3. The van der Waals surface area contributed by atoms with Crippen molar-refractivity contribution >= 4 is 44.9 Å². The first kappa shape index (κ1) is 32.1. The Bertz CT molecular complexity index is 1550. The molecule has 1 heterocycles. The number of urea groups is 1. The third-order valence-electron chi connectivity index (χ3n) is 7.23. The summed E-state index contributed by atoms with van der Waals surface area (Å²) in [6.07, 6.45) is -0.649. The number of rotatable bonds is 9. The van der Waals surface area contributed by atoms with Gasteiger partial charge in [0.2, 0.25) is 10.0 Å². The summed E-state index contributed by atoms with van der Waals surface area (Å²) in [7, 11) is -0.845. The molecule has 13 heteroatoms. The maximum absolute atomic E-state index is 13.7. The molecule has 0 radical (unpaired) electrons. The van der Waals surface area contributed by atoms with Crippen molar-refractivity contribution in [2.24, 2.45) is 5.92 Å². The van der Waals surface area contributed by atoms with E-state index in [1.54, 1.807) is 50.4 Å². The first-order valence-electron chi connectivity index (χ1n) is 13.6. The number of ether oxygens (including phenoxy) is 2. The number of carbonyl (C=O) groups is 2. The number of nitrogens with zero attached hydrogens (tertiary/aromatic N) is 2. The molecule has 1 aliphatic heterocycles. The molecule has 3 atom stereocenters. The molecule has 0 fully saturated rings. The van der Waals surface area contributed by atoms with Gasteiger partial charge in [-0.3, -0.25) is 4.79 Å². The summed E-state index contributed by atoms with van der Waals surface area (Å²) < 4.78 is 39.2. The average Bonchev–Trinajstić information content (AvgIpc) is 2.99. The number of likely N-dealkylation sites (N-methyl/N-ethyl adjacent to an activating group) is 1. The summed E-state index contributed by atoms with van der Waals surface area (Å²) >= 11 is 5.94. The van der Waals surface area contributed by atoms with Crippen LogP contribution in [0.2, 0.25) is 5.02 Å². The van der Waals surface area contributed by atoms with Gasteiger partial charge in [-0.15, -0.1) is 0 Å². The minimum absolute atomic E-state index is 0.00856. The van der Waals surface area contributed by atoms with Crippen molar-refractivity contribution in [2.45, 2.75) is 30.9 Å². The molecule has 43 heavy (non-hydrogen) atoms. The number of benzene rings is 3. The van der Waals surface area contributed by atoms with Crippen LogP contribution in [-0.2, 0) is 10.0 Å². The summed E-state index contributed by atoms with van der Waals surface area (Å²) in [4.78, 5) is 28.0. The molecule has 4 rings (SSSR count). The molecule has 230 valence electrons. The van der Waals surface area contributed by atoms with Crippen molar-refractivity contribution in [3.05, 3.63) is 77.3 Å². The Balaban J connectivity index is 1.59. The highest BCUT2D eigenvalue weighted by Crippen LogP contribution is 2.31. The third kappa shape index (κ3) is 7.57. The Kier molecular flexibility index (Phi) is 10.2. The van der Waals surface area contributed by atoms with Crippen LogP contribution >= 0.6 is 11.6 Å². The molecule has 0 saturated heterocycles. The van der Waals surface area contributed by atoms with E-state index in [0.717, 1.165) is 0 Å². The molecule has 3 aromatic carbocycles. The zero-order chi connectivity index (χ0) is 31.3. The Morgan fingerprint density at radius 3 is 2.37 bits per heavy atom. The summed E-state index contributed by atoms with van der Waals surface area (Å²) in [6.45, 7) is 3.51. The number of fused-ring (bicyclic) bond motifs is 1. The number of methoxy groups -OCH3 is 1. The van der Waals surface area contributed by atoms with Crippen molar-refractivity contribution < 1.29 is 32.6 Å². The number of aliphatic hydroxyl groups excluding tert-OH is 1. The number of hydrogen-bond donors (Lipinski definition) is 3. The van der Waals surface area contributed by atoms with Crippen LogP contribution in [0.4, 0.5) is 16.2 Å². The monoisotopic (exact) mass is 630 g/mol. The smallest absolute Gasteiger partial charge is 0.323 e. The quantitative estimate of drug-likeness (QED) is 0.316. The van der Waals surface area contributed by atoms with Gasteiger partial charge in [-0.05, 0) is 73.7 Å². The largest absolute Gasteiger partial charge is 0.497 e. The maximum atomic E-state index is 13.7. The van der Waals surface area contributed by atoms with E-state index in [-0.39, 0.29) is 47.7 Å². The second-order valence-corrected chi connectivity index (χ2v) is 12.9. The molecular weight excluding hydrogens is 596 g/mol. The molecule has 0 spiro atoms. The van der Waals surface area contributed by atoms with E-state index in [4.69, 9.17) is 21.1 Å². The van der Waals surface area contributed by atoms with Gasteiger partial charge in [0, 0.05) is 35.9 Å². The van der Waals surface area contributed by atoms with Crippen molar-refractivity contribution in [2.75, 3.05) is 44.5 Å². The van der Waals surface area contributed by atoms with Gasteiger partial charge in [0.25, 0.3) is 5.91 Å². The predicted molar refractivity (Wildman–Crippen MR) is 165 cm³/mol. The van der Waals surface area contributed by atoms with Crippen LogP contribution in [0.25, 0.3) is 0 Å². The number of anilines is 2. The van der Waals surface area contributed by atoms with Crippen molar-refractivity contribution in [1.82, 2.24) is 9.21 Å². The van der Waals surface area contributed by atoms with Gasteiger partial charge in [-0.25, -0.2) is 13.2 Å².